The number of hydrogen-bond donors (Lipinski definition) is 1. The van der Waals surface area contributed by atoms with E-state index in [0.717, 1.165) is 19.3 Å². The van der Waals surface area contributed by atoms with Gasteiger partial charge in [0.25, 0.3) is 5.91 Å². The Hall–Kier alpha value is -2.90. The molecule has 1 aliphatic heterocycles. The molecular weight excluding hydrogens is 418 g/mol. The molecule has 0 bridgehead atoms. The van der Waals surface area contributed by atoms with Gasteiger partial charge in [-0.15, -0.1) is 0 Å². The Morgan fingerprint density at radius 2 is 2.13 bits per heavy atom. The van der Waals surface area contributed by atoms with Crippen LogP contribution >= 0.6 is 0 Å². The van der Waals surface area contributed by atoms with Crippen LogP contribution in [0.1, 0.15) is 48.7 Å². The van der Waals surface area contributed by atoms with Crippen molar-refractivity contribution in [3.63, 3.8) is 0 Å². The topological polar surface area (TPSA) is 117 Å². The maximum Gasteiger partial charge on any atom is 0.256 e. The summed E-state index contributed by atoms with van der Waals surface area (Å²) in [5.74, 6) is 0.177. The Morgan fingerprint density at radius 1 is 1.35 bits per heavy atom. The van der Waals surface area contributed by atoms with Crippen LogP contribution in [0.25, 0.3) is 0 Å². The van der Waals surface area contributed by atoms with E-state index in [1.54, 1.807) is 17.7 Å². The summed E-state index contributed by atoms with van der Waals surface area (Å²) in [6.07, 6.45) is 2.85. The van der Waals surface area contributed by atoms with Gasteiger partial charge in [-0.2, -0.15) is 14.7 Å². The first-order chi connectivity index (χ1) is 14.8. The molecule has 1 aromatic carbocycles. The van der Waals surface area contributed by atoms with E-state index in [0.29, 0.717) is 24.6 Å². The predicted octanol–water partition coefficient (Wildman–Crippen LogP) is 2.93. The number of sulfonamides is 1. The fourth-order valence-electron chi connectivity index (χ4n) is 3.74. The number of aromatic nitrogens is 2. The molecule has 9 nitrogen and oxygen atoms in total. The molecule has 1 saturated heterocycles. The smallest absolute Gasteiger partial charge is 0.256 e. The van der Waals surface area contributed by atoms with Crippen LogP contribution in [-0.4, -0.2) is 48.1 Å². The normalized spacial score (nSPS) is 17.2. The number of carbonyl (C=O) groups is 1. The Balaban J connectivity index is 1.92. The summed E-state index contributed by atoms with van der Waals surface area (Å²) >= 11 is 0. The molecule has 1 amide bonds. The Labute approximate surface area is 182 Å². The number of nitriles is 1. The van der Waals surface area contributed by atoms with E-state index in [-0.39, 0.29) is 28.7 Å². The van der Waals surface area contributed by atoms with Crippen molar-refractivity contribution in [1.29, 1.82) is 5.26 Å². The summed E-state index contributed by atoms with van der Waals surface area (Å²) in [4.78, 5) is 12.9. The van der Waals surface area contributed by atoms with Gasteiger partial charge in [0.15, 0.2) is 0 Å². The van der Waals surface area contributed by atoms with E-state index in [1.165, 1.54) is 29.6 Å². The van der Waals surface area contributed by atoms with E-state index in [1.807, 2.05) is 6.92 Å². The Kier molecular flexibility index (Phi) is 6.97. The van der Waals surface area contributed by atoms with E-state index in [4.69, 9.17) is 10.00 Å². The maximum absolute atomic E-state index is 13.4. The first kappa shape index (κ1) is 22.8. The molecular formula is C21H27N5O4S. The number of amides is 1. The number of carbonyl (C=O) groups excluding carboxylic acids is 1. The van der Waals surface area contributed by atoms with Crippen molar-refractivity contribution in [3.8, 4) is 11.8 Å². The van der Waals surface area contributed by atoms with Gasteiger partial charge in [-0.05, 0) is 44.9 Å². The lowest BCUT2D eigenvalue weighted by atomic mass is 10.1. The van der Waals surface area contributed by atoms with Gasteiger partial charge >= 0.3 is 0 Å². The highest BCUT2D eigenvalue weighted by Crippen LogP contribution is 2.32. The quantitative estimate of drug-likeness (QED) is 0.700. The molecule has 1 aliphatic rings. The SMILES string of the molecule is COc1ccc(C(=O)Nc2cc(C)nn2CCC#N)cc1S(=O)(=O)N1CCCCC1C. The van der Waals surface area contributed by atoms with Gasteiger partial charge in [-0.3, -0.25) is 4.79 Å². The van der Waals surface area contributed by atoms with Crippen LogP contribution in [0.15, 0.2) is 29.2 Å². The third kappa shape index (κ3) is 4.89. The van der Waals surface area contributed by atoms with Crippen molar-refractivity contribution < 1.29 is 17.9 Å². The molecule has 31 heavy (non-hydrogen) atoms. The minimum Gasteiger partial charge on any atom is -0.495 e. The first-order valence-electron chi connectivity index (χ1n) is 10.2. The zero-order chi connectivity index (χ0) is 22.6. The van der Waals surface area contributed by atoms with E-state index in [9.17, 15) is 13.2 Å². The summed E-state index contributed by atoms with van der Waals surface area (Å²) in [6, 6.07) is 8.01. The Morgan fingerprint density at radius 3 is 2.81 bits per heavy atom. The second kappa shape index (κ2) is 9.49. The maximum atomic E-state index is 13.4. The molecule has 10 heteroatoms. The molecule has 0 aliphatic carbocycles. The number of rotatable bonds is 7. The molecule has 0 saturated carbocycles. The highest BCUT2D eigenvalue weighted by molar-refractivity contribution is 7.89. The highest BCUT2D eigenvalue weighted by Gasteiger charge is 2.33. The van der Waals surface area contributed by atoms with Crippen LogP contribution in [0.4, 0.5) is 5.82 Å². The molecule has 1 aromatic heterocycles. The number of nitrogens with one attached hydrogen (secondary N) is 1. The third-order valence-corrected chi connectivity index (χ3v) is 7.37. The lowest BCUT2D eigenvalue weighted by Gasteiger charge is -2.32. The van der Waals surface area contributed by atoms with Crippen LogP contribution in [0.2, 0.25) is 0 Å². The van der Waals surface area contributed by atoms with Gasteiger partial charge in [0, 0.05) is 24.2 Å². The largest absolute Gasteiger partial charge is 0.495 e. The fourth-order valence-corrected chi connectivity index (χ4v) is 5.62. The second-order valence-electron chi connectivity index (χ2n) is 7.58. The van der Waals surface area contributed by atoms with Crippen LogP contribution in [0.5, 0.6) is 5.75 Å². The number of ether oxygens (including phenoxy) is 1. The highest BCUT2D eigenvalue weighted by atomic mass is 32.2. The number of hydrogen-bond acceptors (Lipinski definition) is 6. The monoisotopic (exact) mass is 445 g/mol. The van der Waals surface area contributed by atoms with Crippen LogP contribution in [0.3, 0.4) is 0 Å². The number of methoxy groups -OCH3 is 1. The standard InChI is InChI=1S/C21H27N5O4S/c1-15-13-20(25(24-15)11-6-10-22)23-21(27)17-8-9-18(30-3)19(14-17)31(28,29)26-12-5-4-7-16(26)2/h8-9,13-14,16H,4-7,11-12H2,1-3H3,(H,23,27). The number of piperidine rings is 1. The van der Waals surface area contributed by atoms with E-state index < -0.39 is 15.9 Å². The van der Waals surface area contributed by atoms with Crippen LogP contribution < -0.4 is 10.1 Å². The average molecular weight is 446 g/mol. The van der Waals surface area contributed by atoms with Gasteiger partial charge in [0.05, 0.1) is 31.8 Å². The van der Waals surface area contributed by atoms with Crippen molar-refractivity contribution in [2.45, 2.75) is 57.0 Å². The van der Waals surface area contributed by atoms with Gasteiger partial charge in [0.2, 0.25) is 10.0 Å². The number of anilines is 1. The minimum absolute atomic E-state index is 0.0226. The van der Waals surface area contributed by atoms with Crippen molar-refractivity contribution in [2.75, 3.05) is 19.0 Å². The molecule has 3 rings (SSSR count). The van der Waals surface area contributed by atoms with Gasteiger partial charge < -0.3 is 10.1 Å². The van der Waals surface area contributed by atoms with Crippen molar-refractivity contribution >= 4 is 21.7 Å². The van der Waals surface area contributed by atoms with Crippen molar-refractivity contribution in [2.24, 2.45) is 0 Å². The first-order valence-corrected chi connectivity index (χ1v) is 11.6. The molecule has 166 valence electrons. The molecule has 1 unspecified atom stereocenters. The molecule has 2 heterocycles. The molecule has 0 radical (unpaired) electrons. The third-order valence-electron chi connectivity index (χ3n) is 5.33. The van der Waals surface area contributed by atoms with Crippen molar-refractivity contribution in [1.82, 2.24) is 14.1 Å². The summed E-state index contributed by atoms with van der Waals surface area (Å²) in [5.41, 5.74) is 0.889. The number of aryl methyl sites for hydroxylation is 2. The lowest BCUT2D eigenvalue weighted by molar-refractivity contribution is 0.102. The zero-order valence-electron chi connectivity index (χ0n) is 18.0. The van der Waals surface area contributed by atoms with Crippen LogP contribution in [0, 0.1) is 18.3 Å². The summed E-state index contributed by atoms with van der Waals surface area (Å²) < 4.78 is 35.0. The minimum atomic E-state index is -3.82. The summed E-state index contributed by atoms with van der Waals surface area (Å²) in [6.45, 7) is 4.47. The second-order valence-corrected chi connectivity index (χ2v) is 9.44. The molecule has 0 spiro atoms. The van der Waals surface area contributed by atoms with E-state index >= 15 is 0 Å². The average Bonchev–Trinajstić information content (AvgIpc) is 3.10. The molecule has 1 N–H and O–H groups in total. The van der Waals surface area contributed by atoms with Crippen LogP contribution in [-0.2, 0) is 16.6 Å². The molecule has 1 atom stereocenters. The number of nitrogens with zero attached hydrogens (tertiary/aromatic N) is 4. The fraction of sp³-hybridized carbons (Fsp3) is 0.476. The lowest BCUT2D eigenvalue weighted by Crippen LogP contribution is -2.42. The predicted molar refractivity (Wildman–Crippen MR) is 115 cm³/mol. The zero-order valence-corrected chi connectivity index (χ0v) is 18.8. The van der Waals surface area contributed by atoms with Gasteiger partial charge in [-0.25, -0.2) is 13.1 Å². The number of benzene rings is 1. The molecule has 2 aromatic rings. The van der Waals surface area contributed by atoms with Gasteiger partial charge in [0.1, 0.15) is 16.5 Å². The van der Waals surface area contributed by atoms with E-state index in [2.05, 4.69) is 16.5 Å². The van der Waals surface area contributed by atoms with Crippen molar-refractivity contribution in [3.05, 3.63) is 35.5 Å². The molecule has 1 fully saturated rings. The van der Waals surface area contributed by atoms with Gasteiger partial charge in [-0.1, -0.05) is 6.42 Å². The summed E-state index contributed by atoms with van der Waals surface area (Å²) in [5, 5.41) is 15.9. The summed E-state index contributed by atoms with van der Waals surface area (Å²) in [7, 11) is -2.42. The Bertz CT molecular complexity index is 1100.